The zero-order chi connectivity index (χ0) is 21.4. The molecule has 0 aliphatic heterocycles. The first-order valence-corrected chi connectivity index (χ1v) is 8.82. The van der Waals surface area contributed by atoms with Crippen molar-refractivity contribution in [1.29, 1.82) is 0 Å². The molecule has 0 heterocycles. The van der Waals surface area contributed by atoms with Crippen LogP contribution in [-0.2, 0) is 23.7 Å². The molecule has 9 heteroatoms. The van der Waals surface area contributed by atoms with Gasteiger partial charge in [0.2, 0.25) is 0 Å². The van der Waals surface area contributed by atoms with Gasteiger partial charge in [-0.15, -0.1) is 0 Å². The van der Waals surface area contributed by atoms with E-state index in [2.05, 4.69) is 0 Å². The molecule has 0 radical (unpaired) electrons. The largest absolute Gasteiger partial charge is 0.481 e. The highest BCUT2D eigenvalue weighted by atomic mass is 31.1. The zero-order valence-electron chi connectivity index (χ0n) is 15.5. The average molecular weight is 399 g/mol. The number of aryl methyl sites for hydroxylation is 3. The molecular formula is C18H24O8P+. The van der Waals surface area contributed by atoms with Gasteiger partial charge in [0.05, 0.1) is 18.4 Å². The number of carbonyl (C=O) groups is 5. The minimum atomic E-state index is -0.924. The molecule has 1 aromatic rings. The Balaban J connectivity index is 0. The zero-order valence-corrected chi connectivity index (χ0v) is 16.5. The maximum Gasteiger partial charge on any atom is 0.406 e. The lowest BCUT2D eigenvalue weighted by molar-refractivity contribution is -0.138. The van der Waals surface area contributed by atoms with E-state index in [0.29, 0.717) is 18.1 Å². The van der Waals surface area contributed by atoms with Crippen LogP contribution < -0.4 is 0 Å². The van der Waals surface area contributed by atoms with Crippen LogP contribution in [0.1, 0.15) is 52.7 Å². The minimum Gasteiger partial charge on any atom is -0.481 e. The van der Waals surface area contributed by atoms with Crippen LogP contribution in [0.4, 0.5) is 0 Å². The van der Waals surface area contributed by atoms with Crippen LogP contribution >= 0.6 is 8.46 Å². The summed E-state index contributed by atoms with van der Waals surface area (Å²) in [4.78, 5) is 49.4. The smallest absolute Gasteiger partial charge is 0.406 e. The van der Waals surface area contributed by atoms with E-state index in [1.807, 2.05) is 32.9 Å². The van der Waals surface area contributed by atoms with Crippen molar-refractivity contribution >= 4 is 38.5 Å². The maximum absolute atomic E-state index is 11.3. The van der Waals surface area contributed by atoms with Crippen molar-refractivity contribution < 1.29 is 38.8 Å². The highest BCUT2D eigenvalue weighted by Crippen LogP contribution is 2.20. The van der Waals surface area contributed by atoms with E-state index in [9.17, 15) is 28.5 Å². The second-order valence-corrected chi connectivity index (χ2v) is 6.06. The second kappa shape index (κ2) is 15.5. The first kappa shape index (κ1) is 26.5. The van der Waals surface area contributed by atoms with Gasteiger partial charge in [0.15, 0.2) is 0 Å². The van der Waals surface area contributed by atoms with Crippen LogP contribution in [0.25, 0.3) is 0 Å². The van der Waals surface area contributed by atoms with Crippen molar-refractivity contribution in [3.63, 3.8) is 0 Å². The summed E-state index contributed by atoms with van der Waals surface area (Å²) in [6.45, 7) is 5.72. The van der Waals surface area contributed by atoms with Crippen molar-refractivity contribution in [3.05, 3.63) is 34.4 Å². The van der Waals surface area contributed by atoms with Gasteiger partial charge in [-0.25, -0.2) is 4.79 Å². The SMILES string of the molecule is Cc1cc(C)c(C(=O)[PH+]=O)c(C)c1.O=CCCC(=O)O.O=CCCC(=O)O. The van der Waals surface area contributed by atoms with E-state index in [-0.39, 0.29) is 31.2 Å². The highest BCUT2D eigenvalue weighted by molar-refractivity contribution is 7.47. The van der Waals surface area contributed by atoms with E-state index < -0.39 is 20.4 Å². The predicted molar refractivity (Wildman–Crippen MR) is 99.9 cm³/mol. The molecule has 0 spiro atoms. The van der Waals surface area contributed by atoms with Gasteiger partial charge in [0, 0.05) is 12.8 Å². The number of rotatable bonds is 8. The van der Waals surface area contributed by atoms with Gasteiger partial charge >= 0.3 is 25.9 Å². The molecule has 2 N–H and O–H groups in total. The van der Waals surface area contributed by atoms with Gasteiger partial charge in [-0.2, -0.15) is 0 Å². The first-order valence-electron chi connectivity index (χ1n) is 7.91. The Labute approximate surface area is 158 Å². The number of aldehydes is 2. The molecule has 8 nitrogen and oxygen atoms in total. The van der Waals surface area contributed by atoms with E-state index >= 15 is 0 Å². The summed E-state index contributed by atoms with van der Waals surface area (Å²) in [6.07, 6.45) is 1.32. The van der Waals surface area contributed by atoms with Crippen LogP contribution in [0.3, 0.4) is 0 Å². The monoisotopic (exact) mass is 399 g/mol. The van der Waals surface area contributed by atoms with E-state index in [1.54, 1.807) is 0 Å². The molecule has 0 aliphatic carbocycles. The Hall–Kier alpha value is -2.73. The van der Waals surface area contributed by atoms with Crippen molar-refractivity contribution in [2.45, 2.75) is 46.5 Å². The fourth-order valence-electron chi connectivity index (χ4n) is 1.95. The molecule has 0 fully saturated rings. The Morgan fingerprint density at radius 3 is 1.48 bits per heavy atom. The lowest BCUT2D eigenvalue weighted by Gasteiger charge is -2.03. The van der Waals surface area contributed by atoms with Gasteiger partial charge in [-0.05, 0) is 31.9 Å². The van der Waals surface area contributed by atoms with Crippen molar-refractivity contribution in [2.75, 3.05) is 0 Å². The second-order valence-electron chi connectivity index (χ2n) is 5.40. The van der Waals surface area contributed by atoms with Crippen LogP contribution in [-0.4, -0.2) is 40.2 Å². The molecule has 0 amide bonds. The molecule has 27 heavy (non-hydrogen) atoms. The Bertz CT molecular complexity index is 637. The molecule has 148 valence electrons. The number of benzene rings is 1. The fraction of sp³-hybridized carbons (Fsp3) is 0.389. The predicted octanol–water partition coefficient (Wildman–Crippen LogP) is 2.88. The molecule has 1 aromatic carbocycles. The number of carbonyl (C=O) groups excluding carboxylic acids is 3. The molecule has 0 saturated heterocycles. The summed E-state index contributed by atoms with van der Waals surface area (Å²) in [5.74, 6) is -1.85. The molecule has 0 aromatic heterocycles. The summed E-state index contributed by atoms with van der Waals surface area (Å²) in [5.41, 5.74) is 3.27. The third-order valence-electron chi connectivity index (χ3n) is 2.95. The Kier molecular flexibility index (Phi) is 15.2. The number of carboxylic acid groups (broad SMARTS) is 2. The van der Waals surface area contributed by atoms with E-state index in [0.717, 1.165) is 16.7 Å². The third kappa shape index (κ3) is 14.2. The minimum absolute atomic E-state index is 0.0521. The van der Waals surface area contributed by atoms with Gasteiger partial charge < -0.3 is 19.8 Å². The van der Waals surface area contributed by atoms with Gasteiger partial charge in [0.25, 0.3) is 0 Å². The van der Waals surface area contributed by atoms with E-state index in [1.165, 1.54) is 0 Å². The van der Waals surface area contributed by atoms with Crippen molar-refractivity contribution in [2.24, 2.45) is 0 Å². The molecule has 0 saturated carbocycles. The summed E-state index contributed by atoms with van der Waals surface area (Å²) in [5, 5.41) is 15.8. The molecule has 0 aliphatic rings. The van der Waals surface area contributed by atoms with Crippen molar-refractivity contribution in [1.82, 2.24) is 0 Å². The number of aliphatic carboxylic acids is 2. The lowest BCUT2D eigenvalue weighted by atomic mass is 10.0. The van der Waals surface area contributed by atoms with Crippen LogP contribution in [0.5, 0.6) is 0 Å². The summed E-state index contributed by atoms with van der Waals surface area (Å²) >= 11 is 0. The van der Waals surface area contributed by atoms with Crippen molar-refractivity contribution in [3.8, 4) is 0 Å². The molecule has 1 atom stereocenters. The molecule has 1 rings (SSSR count). The summed E-state index contributed by atoms with van der Waals surface area (Å²) < 4.78 is 10.5. The normalized spacial score (nSPS) is 9.15. The third-order valence-corrected chi connectivity index (χ3v) is 3.38. The number of carboxylic acids is 2. The Morgan fingerprint density at radius 1 is 0.889 bits per heavy atom. The van der Waals surface area contributed by atoms with Crippen LogP contribution in [0.15, 0.2) is 12.1 Å². The fourth-order valence-corrected chi connectivity index (χ4v) is 2.45. The van der Waals surface area contributed by atoms with Gasteiger partial charge in [0.1, 0.15) is 12.6 Å². The first-order chi connectivity index (χ1) is 12.6. The number of hydrogen-bond donors (Lipinski definition) is 2. The van der Waals surface area contributed by atoms with Crippen LogP contribution in [0, 0.1) is 20.8 Å². The molecule has 1 unspecified atom stereocenters. The average Bonchev–Trinajstić information content (AvgIpc) is 2.58. The standard InChI is InChI=1S/C10H11O2P.2C4H6O3/c1-6-4-7(2)9(8(3)5-6)10(11)13-12;2*5-3-1-2-4(6)7/h4-5H,1-3H3;2*3H,1-2H2,(H,6,7)/p+1. The number of hydrogen-bond acceptors (Lipinski definition) is 6. The van der Waals surface area contributed by atoms with Crippen LogP contribution in [0.2, 0.25) is 0 Å². The lowest BCUT2D eigenvalue weighted by Crippen LogP contribution is -1.98. The topological polar surface area (TPSA) is 143 Å². The Morgan fingerprint density at radius 2 is 1.26 bits per heavy atom. The maximum atomic E-state index is 11.3. The van der Waals surface area contributed by atoms with Gasteiger partial charge in [-0.1, -0.05) is 22.3 Å². The summed E-state index contributed by atoms with van der Waals surface area (Å²) in [7, 11) is -0.890. The molecule has 0 bridgehead atoms. The van der Waals surface area contributed by atoms with E-state index in [4.69, 9.17) is 10.2 Å². The van der Waals surface area contributed by atoms with Gasteiger partial charge in [-0.3, -0.25) is 9.59 Å². The highest BCUT2D eigenvalue weighted by Gasteiger charge is 2.18. The quantitative estimate of drug-likeness (QED) is 0.502. The molecular weight excluding hydrogens is 375 g/mol. The summed E-state index contributed by atoms with van der Waals surface area (Å²) in [6, 6.07) is 3.86.